The number of benzene rings is 2. The minimum atomic E-state index is -0.485. The van der Waals surface area contributed by atoms with E-state index in [4.69, 9.17) is 14.2 Å². The molecule has 0 aliphatic carbocycles. The normalized spacial score (nSPS) is 11.0. The number of hydrogen-bond donors (Lipinski definition) is 1. The van der Waals surface area contributed by atoms with E-state index in [1.54, 1.807) is 26.5 Å². The molecule has 2 aromatic carbocycles. The van der Waals surface area contributed by atoms with Crippen molar-refractivity contribution >= 4 is 12.0 Å². The first kappa shape index (κ1) is 24.8. The molecule has 0 fully saturated rings. The van der Waals surface area contributed by atoms with Crippen molar-refractivity contribution in [1.29, 1.82) is 0 Å². The number of amides is 1. The van der Waals surface area contributed by atoms with Crippen LogP contribution in [0.5, 0.6) is 11.5 Å². The SMILES string of the molecule is COc1ccc(CN(Cc2ccc(OC)cc2)c2nccc(COC(=O)NC(C)(C)C)n2)cc1. The number of nitrogens with one attached hydrogen (secondary N) is 1. The topological polar surface area (TPSA) is 85.8 Å². The van der Waals surface area contributed by atoms with E-state index in [1.165, 1.54) is 0 Å². The van der Waals surface area contributed by atoms with Gasteiger partial charge in [0.05, 0.1) is 19.9 Å². The van der Waals surface area contributed by atoms with Crippen molar-refractivity contribution in [2.75, 3.05) is 19.1 Å². The molecule has 8 heteroatoms. The molecule has 3 rings (SSSR count). The van der Waals surface area contributed by atoms with Crippen LogP contribution < -0.4 is 19.7 Å². The number of aromatic nitrogens is 2. The van der Waals surface area contributed by atoms with Gasteiger partial charge in [0.1, 0.15) is 18.1 Å². The minimum absolute atomic E-state index is 0.0519. The number of anilines is 1. The van der Waals surface area contributed by atoms with Crippen LogP contribution in [0.1, 0.15) is 37.6 Å². The Balaban J connectivity index is 1.79. The van der Waals surface area contributed by atoms with Gasteiger partial charge in [-0.1, -0.05) is 24.3 Å². The maximum Gasteiger partial charge on any atom is 0.407 e. The van der Waals surface area contributed by atoms with Crippen molar-refractivity contribution in [2.45, 2.75) is 46.0 Å². The number of rotatable bonds is 9. The Hall–Kier alpha value is -3.81. The zero-order valence-electron chi connectivity index (χ0n) is 20.4. The highest BCUT2D eigenvalue weighted by Crippen LogP contribution is 2.20. The first-order valence-electron chi connectivity index (χ1n) is 11.0. The highest BCUT2D eigenvalue weighted by molar-refractivity contribution is 5.68. The number of methoxy groups -OCH3 is 2. The lowest BCUT2D eigenvalue weighted by Crippen LogP contribution is -2.40. The second-order valence-electron chi connectivity index (χ2n) is 8.85. The van der Waals surface area contributed by atoms with Gasteiger partial charge in [-0.2, -0.15) is 0 Å². The molecule has 0 saturated heterocycles. The van der Waals surface area contributed by atoms with Crippen LogP contribution in [0.15, 0.2) is 60.8 Å². The van der Waals surface area contributed by atoms with Gasteiger partial charge in [0.15, 0.2) is 0 Å². The van der Waals surface area contributed by atoms with E-state index < -0.39 is 6.09 Å². The Morgan fingerprint density at radius 1 is 0.882 bits per heavy atom. The fourth-order valence-electron chi connectivity index (χ4n) is 3.20. The van der Waals surface area contributed by atoms with Crippen LogP contribution >= 0.6 is 0 Å². The fourth-order valence-corrected chi connectivity index (χ4v) is 3.20. The molecular formula is C26H32N4O4. The summed E-state index contributed by atoms with van der Waals surface area (Å²) in [5.74, 6) is 2.15. The average Bonchev–Trinajstić information content (AvgIpc) is 2.82. The number of hydrogen-bond acceptors (Lipinski definition) is 7. The zero-order chi connectivity index (χ0) is 24.6. The summed E-state index contributed by atoms with van der Waals surface area (Å²) in [6.45, 7) is 6.92. The second-order valence-corrected chi connectivity index (χ2v) is 8.85. The molecule has 8 nitrogen and oxygen atoms in total. The molecule has 0 spiro atoms. The van der Waals surface area contributed by atoms with Crippen molar-refractivity contribution in [2.24, 2.45) is 0 Å². The van der Waals surface area contributed by atoms with Gasteiger partial charge in [0.2, 0.25) is 5.95 Å². The van der Waals surface area contributed by atoms with Crippen molar-refractivity contribution in [3.63, 3.8) is 0 Å². The Morgan fingerprint density at radius 2 is 1.41 bits per heavy atom. The van der Waals surface area contributed by atoms with Gasteiger partial charge in [-0.25, -0.2) is 14.8 Å². The quantitative estimate of drug-likeness (QED) is 0.490. The summed E-state index contributed by atoms with van der Waals surface area (Å²) < 4.78 is 15.9. The van der Waals surface area contributed by atoms with E-state index in [0.717, 1.165) is 22.6 Å². The largest absolute Gasteiger partial charge is 0.497 e. The molecule has 0 radical (unpaired) electrons. The second kappa shape index (κ2) is 11.4. The summed E-state index contributed by atoms with van der Waals surface area (Å²) in [6, 6.07) is 17.5. The van der Waals surface area contributed by atoms with Gasteiger partial charge in [-0.05, 0) is 62.2 Å². The van der Waals surface area contributed by atoms with Gasteiger partial charge >= 0.3 is 6.09 Å². The van der Waals surface area contributed by atoms with Crippen LogP contribution in [-0.4, -0.2) is 35.8 Å². The lowest BCUT2D eigenvalue weighted by Gasteiger charge is -2.24. The van der Waals surface area contributed by atoms with E-state index >= 15 is 0 Å². The summed E-state index contributed by atoms with van der Waals surface area (Å²) in [4.78, 5) is 23.3. The van der Waals surface area contributed by atoms with Gasteiger partial charge in [0, 0.05) is 24.8 Å². The smallest absolute Gasteiger partial charge is 0.407 e. The van der Waals surface area contributed by atoms with Crippen molar-refractivity contribution in [3.05, 3.63) is 77.6 Å². The van der Waals surface area contributed by atoms with Crippen molar-refractivity contribution in [1.82, 2.24) is 15.3 Å². The zero-order valence-corrected chi connectivity index (χ0v) is 20.4. The van der Waals surface area contributed by atoms with Crippen LogP contribution in [0, 0.1) is 0 Å². The number of alkyl carbamates (subject to hydrolysis) is 1. The third-order valence-electron chi connectivity index (χ3n) is 4.88. The van der Waals surface area contributed by atoms with E-state index in [1.807, 2.05) is 69.3 Å². The first-order valence-corrected chi connectivity index (χ1v) is 11.0. The summed E-state index contributed by atoms with van der Waals surface area (Å²) >= 11 is 0. The Morgan fingerprint density at radius 3 is 1.88 bits per heavy atom. The van der Waals surface area contributed by atoms with Crippen LogP contribution in [0.2, 0.25) is 0 Å². The molecule has 0 aliphatic heterocycles. The maximum absolute atomic E-state index is 12.0. The molecule has 34 heavy (non-hydrogen) atoms. The predicted octanol–water partition coefficient (Wildman–Crippen LogP) is 4.73. The van der Waals surface area contributed by atoms with Crippen molar-refractivity contribution < 1.29 is 19.0 Å². The fraction of sp³-hybridized carbons (Fsp3) is 0.346. The summed E-state index contributed by atoms with van der Waals surface area (Å²) in [7, 11) is 3.29. The molecule has 0 bridgehead atoms. The van der Waals surface area contributed by atoms with Crippen LogP contribution in [0.3, 0.4) is 0 Å². The summed E-state index contributed by atoms with van der Waals surface area (Å²) in [5.41, 5.74) is 2.42. The van der Waals surface area contributed by atoms with Crippen molar-refractivity contribution in [3.8, 4) is 11.5 Å². The van der Waals surface area contributed by atoms with E-state index in [9.17, 15) is 4.79 Å². The van der Waals surface area contributed by atoms with Crippen LogP contribution in [-0.2, 0) is 24.4 Å². The molecule has 0 aliphatic rings. The lowest BCUT2D eigenvalue weighted by atomic mass is 10.1. The van der Waals surface area contributed by atoms with Gasteiger partial charge < -0.3 is 24.4 Å². The molecule has 3 aromatic rings. The molecule has 1 heterocycles. The lowest BCUT2D eigenvalue weighted by molar-refractivity contribution is 0.130. The number of carbonyl (C=O) groups excluding carboxylic acids is 1. The first-order chi connectivity index (χ1) is 16.3. The molecule has 1 amide bonds. The Bertz CT molecular complexity index is 1010. The molecule has 1 N–H and O–H groups in total. The average molecular weight is 465 g/mol. The number of ether oxygens (including phenoxy) is 3. The van der Waals surface area contributed by atoms with Gasteiger partial charge in [0.25, 0.3) is 0 Å². The Kier molecular flexibility index (Phi) is 8.29. The summed E-state index contributed by atoms with van der Waals surface area (Å²) in [6.07, 6.45) is 1.19. The monoisotopic (exact) mass is 464 g/mol. The van der Waals surface area contributed by atoms with Gasteiger partial charge in [-0.15, -0.1) is 0 Å². The van der Waals surface area contributed by atoms with E-state index in [-0.39, 0.29) is 12.1 Å². The standard InChI is InChI=1S/C26H32N4O4/c1-26(2,3)29-25(31)34-18-21-14-15-27-24(28-21)30(16-19-6-10-22(32-4)11-7-19)17-20-8-12-23(33-5)13-9-20/h6-15H,16-18H2,1-5H3,(H,29,31). The predicted molar refractivity (Wildman–Crippen MR) is 131 cm³/mol. The molecule has 0 atom stereocenters. The third-order valence-corrected chi connectivity index (χ3v) is 4.88. The summed E-state index contributed by atoms with van der Waals surface area (Å²) in [5, 5.41) is 2.78. The molecule has 1 aromatic heterocycles. The molecular weight excluding hydrogens is 432 g/mol. The van der Waals surface area contributed by atoms with Gasteiger partial charge in [-0.3, -0.25) is 0 Å². The highest BCUT2D eigenvalue weighted by atomic mass is 16.5. The maximum atomic E-state index is 12.0. The highest BCUT2D eigenvalue weighted by Gasteiger charge is 2.16. The molecule has 0 unspecified atom stereocenters. The molecule has 0 saturated carbocycles. The van der Waals surface area contributed by atoms with Crippen LogP contribution in [0.4, 0.5) is 10.7 Å². The Labute approximate surface area is 200 Å². The van der Waals surface area contributed by atoms with E-state index in [2.05, 4.69) is 20.2 Å². The number of carbonyl (C=O) groups is 1. The number of nitrogens with zero attached hydrogens (tertiary/aromatic N) is 3. The minimum Gasteiger partial charge on any atom is -0.497 e. The van der Waals surface area contributed by atoms with Crippen LogP contribution in [0.25, 0.3) is 0 Å². The third kappa shape index (κ3) is 7.65. The molecule has 180 valence electrons. The van der Waals surface area contributed by atoms with E-state index in [0.29, 0.717) is 24.7 Å².